The topological polar surface area (TPSA) is 64.4 Å². The summed E-state index contributed by atoms with van der Waals surface area (Å²) in [5.74, 6) is 1.35. The number of hydrogen-bond acceptors (Lipinski definition) is 5. The SMILES string of the molecule is CCOc1ccccc1[C@H]1C2=C(C[C@H](c3ccc(Cl)cc3)CC2=O)Nc2onc(C)c21. The van der Waals surface area contributed by atoms with Crippen molar-refractivity contribution in [1.29, 1.82) is 0 Å². The lowest BCUT2D eigenvalue weighted by Gasteiger charge is -2.35. The Morgan fingerprint density at radius 2 is 1.94 bits per heavy atom. The molecule has 6 heteroatoms. The first-order valence-electron chi connectivity index (χ1n) is 10.5. The molecule has 0 spiro atoms. The second kappa shape index (κ2) is 7.89. The zero-order chi connectivity index (χ0) is 21.5. The number of hydrogen-bond donors (Lipinski definition) is 1. The Hall–Kier alpha value is -3.05. The number of para-hydroxylation sites is 1. The number of ether oxygens (including phenoxy) is 1. The van der Waals surface area contributed by atoms with E-state index in [4.69, 9.17) is 20.9 Å². The van der Waals surface area contributed by atoms with E-state index in [1.165, 1.54) is 0 Å². The molecular weight excluding hydrogens is 412 g/mol. The molecule has 2 heterocycles. The Morgan fingerprint density at radius 1 is 1.16 bits per heavy atom. The first kappa shape index (κ1) is 19.9. The monoisotopic (exact) mass is 434 g/mol. The molecule has 0 amide bonds. The third kappa shape index (κ3) is 3.43. The van der Waals surface area contributed by atoms with Gasteiger partial charge in [0.15, 0.2) is 5.78 Å². The average molecular weight is 435 g/mol. The molecule has 1 N–H and O–H groups in total. The van der Waals surface area contributed by atoms with Crippen LogP contribution < -0.4 is 10.1 Å². The van der Waals surface area contributed by atoms with E-state index in [0.29, 0.717) is 23.9 Å². The van der Waals surface area contributed by atoms with E-state index >= 15 is 0 Å². The molecule has 0 saturated carbocycles. The first-order chi connectivity index (χ1) is 15.1. The largest absolute Gasteiger partial charge is 0.494 e. The van der Waals surface area contributed by atoms with Gasteiger partial charge in [-0.25, -0.2) is 0 Å². The Balaban J connectivity index is 1.63. The van der Waals surface area contributed by atoms with Gasteiger partial charge < -0.3 is 14.6 Å². The summed E-state index contributed by atoms with van der Waals surface area (Å²) in [6.07, 6.45) is 1.17. The van der Waals surface area contributed by atoms with Crippen LogP contribution >= 0.6 is 11.6 Å². The maximum atomic E-state index is 13.6. The van der Waals surface area contributed by atoms with E-state index in [9.17, 15) is 4.79 Å². The number of halogens is 1. The fraction of sp³-hybridized carbons (Fsp3) is 0.280. The number of nitrogens with zero attached hydrogens (tertiary/aromatic N) is 1. The molecule has 2 aromatic carbocycles. The number of benzene rings is 2. The summed E-state index contributed by atoms with van der Waals surface area (Å²) in [4.78, 5) is 13.6. The minimum Gasteiger partial charge on any atom is -0.494 e. The van der Waals surface area contributed by atoms with E-state index < -0.39 is 0 Å². The normalized spacial score (nSPS) is 20.2. The van der Waals surface area contributed by atoms with Gasteiger partial charge in [-0.05, 0) is 49.9 Å². The molecule has 0 bridgehead atoms. The molecule has 0 radical (unpaired) electrons. The van der Waals surface area contributed by atoms with Crippen molar-refractivity contribution < 1.29 is 14.1 Å². The Labute approximate surface area is 186 Å². The van der Waals surface area contributed by atoms with Crippen molar-refractivity contribution in [2.45, 2.75) is 38.5 Å². The fourth-order valence-corrected chi connectivity index (χ4v) is 4.89. The maximum Gasteiger partial charge on any atom is 0.233 e. The predicted octanol–water partition coefficient (Wildman–Crippen LogP) is 5.99. The standard InChI is InChI=1S/C25H23ClN2O3/c1-3-30-21-7-5-4-6-18(21)23-22-14(2)28-31-25(22)27-19-12-16(13-20(29)24(19)23)15-8-10-17(26)11-9-15/h4-11,16,23,27H,3,12-13H2,1-2H3/t16-,23+/m0/s1. The summed E-state index contributed by atoms with van der Waals surface area (Å²) in [5, 5.41) is 8.25. The molecule has 1 aromatic heterocycles. The van der Waals surface area contributed by atoms with Crippen molar-refractivity contribution in [2.75, 3.05) is 11.9 Å². The summed E-state index contributed by atoms with van der Waals surface area (Å²) in [5.41, 5.74) is 5.44. The zero-order valence-electron chi connectivity index (χ0n) is 17.4. The number of ketones is 1. The van der Waals surface area contributed by atoms with Gasteiger partial charge in [0, 0.05) is 28.3 Å². The van der Waals surface area contributed by atoms with Crippen LogP contribution in [0.3, 0.4) is 0 Å². The number of anilines is 1. The second-order valence-corrected chi connectivity index (χ2v) is 8.45. The third-order valence-corrected chi connectivity index (χ3v) is 6.38. The average Bonchev–Trinajstić information content (AvgIpc) is 3.14. The van der Waals surface area contributed by atoms with Crippen LogP contribution in [0.25, 0.3) is 0 Å². The molecule has 5 rings (SSSR count). The highest BCUT2D eigenvalue weighted by atomic mass is 35.5. The van der Waals surface area contributed by atoms with Crippen LogP contribution in [0.5, 0.6) is 5.75 Å². The van der Waals surface area contributed by atoms with Crippen molar-refractivity contribution in [3.63, 3.8) is 0 Å². The van der Waals surface area contributed by atoms with Crippen LogP contribution in [-0.4, -0.2) is 17.5 Å². The predicted molar refractivity (Wildman–Crippen MR) is 120 cm³/mol. The highest BCUT2D eigenvalue weighted by Crippen LogP contribution is 2.50. The van der Waals surface area contributed by atoms with Gasteiger partial charge in [0.2, 0.25) is 5.88 Å². The minimum atomic E-state index is -0.265. The summed E-state index contributed by atoms with van der Waals surface area (Å²) < 4.78 is 11.5. The van der Waals surface area contributed by atoms with E-state index in [2.05, 4.69) is 10.5 Å². The smallest absolute Gasteiger partial charge is 0.233 e. The summed E-state index contributed by atoms with van der Waals surface area (Å²) in [7, 11) is 0. The van der Waals surface area contributed by atoms with Gasteiger partial charge in [0.25, 0.3) is 0 Å². The molecule has 2 aliphatic rings. The zero-order valence-corrected chi connectivity index (χ0v) is 18.2. The van der Waals surface area contributed by atoms with Gasteiger partial charge in [0.1, 0.15) is 5.75 Å². The van der Waals surface area contributed by atoms with Crippen LogP contribution in [0.4, 0.5) is 5.88 Å². The van der Waals surface area contributed by atoms with Gasteiger partial charge in [0.05, 0.1) is 23.8 Å². The Bertz CT molecular complexity index is 1180. The van der Waals surface area contributed by atoms with Crippen LogP contribution in [0.1, 0.15) is 54.0 Å². The summed E-state index contributed by atoms with van der Waals surface area (Å²) in [6.45, 7) is 4.42. The van der Waals surface area contributed by atoms with Crippen LogP contribution in [0.2, 0.25) is 5.02 Å². The molecule has 3 aromatic rings. The number of carbonyl (C=O) groups is 1. The summed E-state index contributed by atoms with van der Waals surface area (Å²) >= 11 is 6.06. The highest BCUT2D eigenvalue weighted by molar-refractivity contribution is 6.30. The highest BCUT2D eigenvalue weighted by Gasteiger charge is 2.42. The van der Waals surface area contributed by atoms with Crippen molar-refractivity contribution in [2.24, 2.45) is 0 Å². The van der Waals surface area contributed by atoms with Gasteiger partial charge in [-0.2, -0.15) is 0 Å². The molecule has 0 fully saturated rings. The van der Waals surface area contributed by atoms with Crippen LogP contribution in [0, 0.1) is 6.92 Å². The number of nitrogens with one attached hydrogen (secondary N) is 1. The molecule has 2 atom stereocenters. The lowest BCUT2D eigenvalue weighted by molar-refractivity contribution is -0.116. The molecule has 5 nitrogen and oxygen atoms in total. The number of fused-ring (bicyclic) bond motifs is 1. The van der Waals surface area contributed by atoms with Crippen molar-refractivity contribution in [1.82, 2.24) is 5.16 Å². The Morgan fingerprint density at radius 3 is 2.71 bits per heavy atom. The number of allylic oxidation sites excluding steroid dienone is 2. The molecule has 31 heavy (non-hydrogen) atoms. The lowest BCUT2D eigenvalue weighted by atomic mass is 9.72. The number of Topliss-reactive ketones (excluding diaryl/α,β-unsaturated/α-hetero) is 1. The molecule has 158 valence electrons. The van der Waals surface area contributed by atoms with Gasteiger partial charge in [-0.3, -0.25) is 4.79 Å². The molecule has 1 aliphatic carbocycles. The van der Waals surface area contributed by atoms with Crippen molar-refractivity contribution in [3.05, 3.63) is 87.2 Å². The maximum absolute atomic E-state index is 13.6. The minimum absolute atomic E-state index is 0.0874. The number of carbonyl (C=O) groups excluding carboxylic acids is 1. The fourth-order valence-electron chi connectivity index (χ4n) is 4.76. The molecule has 0 saturated heterocycles. The first-order valence-corrected chi connectivity index (χ1v) is 10.9. The van der Waals surface area contributed by atoms with Gasteiger partial charge >= 0.3 is 0 Å². The second-order valence-electron chi connectivity index (χ2n) is 8.01. The van der Waals surface area contributed by atoms with Crippen LogP contribution in [0.15, 0.2) is 64.3 Å². The third-order valence-electron chi connectivity index (χ3n) is 6.13. The van der Waals surface area contributed by atoms with E-state index in [1.807, 2.05) is 62.4 Å². The number of aryl methyl sites for hydroxylation is 1. The molecule has 1 aliphatic heterocycles. The Kier molecular flexibility index (Phi) is 5.06. The lowest BCUT2D eigenvalue weighted by Crippen LogP contribution is -2.29. The van der Waals surface area contributed by atoms with Crippen molar-refractivity contribution >= 4 is 23.3 Å². The van der Waals surface area contributed by atoms with E-state index in [1.54, 1.807) is 0 Å². The number of rotatable bonds is 4. The molecular formula is C25H23ClN2O3. The summed E-state index contributed by atoms with van der Waals surface area (Å²) in [6, 6.07) is 15.7. The van der Waals surface area contributed by atoms with Crippen molar-refractivity contribution in [3.8, 4) is 5.75 Å². The van der Waals surface area contributed by atoms with Gasteiger partial charge in [-0.1, -0.05) is 47.1 Å². The van der Waals surface area contributed by atoms with Gasteiger partial charge in [-0.15, -0.1) is 0 Å². The molecule has 0 unspecified atom stereocenters. The van der Waals surface area contributed by atoms with Crippen LogP contribution in [-0.2, 0) is 4.79 Å². The number of aromatic nitrogens is 1. The van der Waals surface area contributed by atoms with E-state index in [0.717, 1.165) is 45.8 Å². The quantitative estimate of drug-likeness (QED) is 0.546. The van der Waals surface area contributed by atoms with E-state index in [-0.39, 0.29) is 17.6 Å².